The van der Waals surface area contributed by atoms with Gasteiger partial charge in [-0.15, -0.1) is 0 Å². The van der Waals surface area contributed by atoms with E-state index in [2.05, 4.69) is 10.1 Å². The van der Waals surface area contributed by atoms with Gasteiger partial charge in [-0.2, -0.15) is 0 Å². The molecule has 12 heavy (non-hydrogen) atoms. The lowest BCUT2D eigenvalue weighted by Crippen LogP contribution is -2.42. The Hall–Kier alpha value is -0.840. The summed E-state index contributed by atoms with van der Waals surface area (Å²) in [6, 6.07) is 0. The first-order valence-corrected chi connectivity index (χ1v) is 4.20. The maximum absolute atomic E-state index is 10.7. The number of hydrogen-bond acceptors (Lipinski definition) is 3. The number of ether oxygens (including phenoxy) is 1. The maximum Gasteiger partial charge on any atom is 0.413 e. The molecular weight excluding hydrogens is 176 g/mol. The molecule has 0 bridgehead atoms. The third-order valence-corrected chi connectivity index (χ3v) is 1.81. The van der Waals surface area contributed by atoms with Crippen molar-refractivity contribution in [3.05, 3.63) is 0 Å². The zero-order chi connectivity index (χ0) is 9.56. The molecule has 0 unspecified atom stereocenters. The number of carbonyl (C=O) groups is 1. The first kappa shape index (κ1) is 11.2. The lowest BCUT2D eigenvalue weighted by atomic mass is 10.5. The number of nitrogens with one attached hydrogen (secondary N) is 1. The molecule has 1 N–H and O–H groups in total. The number of amides is 1. The molecule has 4 nitrogen and oxygen atoms in total. The number of alkyl carbamates (subject to hydrolysis) is 1. The van der Waals surface area contributed by atoms with Gasteiger partial charge in [-0.05, 0) is 26.1 Å². The van der Waals surface area contributed by atoms with Crippen LogP contribution in [0.4, 0.5) is 4.79 Å². The van der Waals surface area contributed by atoms with Gasteiger partial charge in [-0.3, -0.25) is 5.32 Å². The Morgan fingerprint density at radius 1 is 1.50 bits per heavy atom. The van der Waals surface area contributed by atoms with Crippen LogP contribution in [0.25, 0.3) is 0 Å². The second-order valence-electron chi connectivity index (χ2n) is 2.09. The third-order valence-electron chi connectivity index (χ3n) is 1.45. The van der Waals surface area contributed by atoms with Crippen molar-refractivity contribution < 1.29 is 9.53 Å². The molecule has 0 fully saturated rings. The van der Waals surface area contributed by atoms with E-state index in [1.807, 2.05) is 18.7 Å². The Bertz CT molecular complexity index is 169. The molecule has 0 heterocycles. The predicted octanol–water partition coefficient (Wildman–Crippen LogP) is 0.969. The number of methoxy groups -OCH3 is 1. The van der Waals surface area contributed by atoms with E-state index in [1.54, 1.807) is 0 Å². The summed E-state index contributed by atoms with van der Waals surface area (Å²) in [6.45, 7) is 5.49. The third kappa shape index (κ3) is 3.52. The Balaban J connectivity index is 3.92. The normalized spacial score (nSPS) is 8.92. The number of hydrogen-bond donors (Lipinski definition) is 1. The van der Waals surface area contributed by atoms with E-state index >= 15 is 0 Å². The summed E-state index contributed by atoms with van der Waals surface area (Å²) >= 11 is 4.93. The summed E-state index contributed by atoms with van der Waals surface area (Å²) in [4.78, 5) is 12.6. The standard InChI is InChI=1S/C7H14N2O2S/c1-4-9(5-2)6(12)8-7(10)11-3/h4-5H2,1-3H3,(H,8,10,12). The molecule has 0 saturated carbocycles. The van der Waals surface area contributed by atoms with E-state index in [4.69, 9.17) is 12.2 Å². The first-order chi connectivity index (χ1) is 5.65. The average molecular weight is 190 g/mol. The quantitative estimate of drug-likeness (QED) is 0.659. The average Bonchev–Trinajstić information content (AvgIpc) is 2.06. The highest BCUT2D eigenvalue weighted by molar-refractivity contribution is 7.80. The smallest absolute Gasteiger partial charge is 0.413 e. The molecule has 0 saturated heterocycles. The van der Waals surface area contributed by atoms with Gasteiger partial charge in [0.15, 0.2) is 5.11 Å². The molecular formula is C7H14N2O2S. The number of rotatable bonds is 2. The van der Waals surface area contributed by atoms with Crippen LogP contribution in [-0.2, 0) is 4.74 Å². The van der Waals surface area contributed by atoms with Crippen LogP contribution in [-0.4, -0.2) is 36.3 Å². The van der Waals surface area contributed by atoms with Gasteiger partial charge >= 0.3 is 6.09 Å². The fraction of sp³-hybridized carbons (Fsp3) is 0.714. The van der Waals surface area contributed by atoms with E-state index in [0.29, 0.717) is 5.11 Å². The fourth-order valence-corrected chi connectivity index (χ4v) is 1.07. The molecule has 70 valence electrons. The van der Waals surface area contributed by atoms with Crippen molar-refractivity contribution in [1.29, 1.82) is 0 Å². The van der Waals surface area contributed by atoms with E-state index in [9.17, 15) is 4.79 Å². The van der Waals surface area contributed by atoms with Gasteiger partial charge < -0.3 is 9.64 Å². The molecule has 5 heteroatoms. The van der Waals surface area contributed by atoms with Gasteiger partial charge in [0.2, 0.25) is 0 Å². The molecule has 0 spiro atoms. The summed E-state index contributed by atoms with van der Waals surface area (Å²) in [5, 5.41) is 2.84. The molecule has 0 aromatic rings. The van der Waals surface area contributed by atoms with Crippen LogP contribution >= 0.6 is 12.2 Å². The summed E-state index contributed by atoms with van der Waals surface area (Å²) in [6.07, 6.45) is -0.521. The lowest BCUT2D eigenvalue weighted by molar-refractivity contribution is 0.175. The molecule has 0 aliphatic carbocycles. The topological polar surface area (TPSA) is 41.6 Å². The molecule has 1 amide bonds. The first-order valence-electron chi connectivity index (χ1n) is 3.79. The highest BCUT2D eigenvalue weighted by Gasteiger charge is 2.07. The minimum absolute atomic E-state index is 0.409. The summed E-state index contributed by atoms with van der Waals surface area (Å²) in [7, 11) is 1.31. The van der Waals surface area contributed by atoms with Crippen LogP contribution in [0.1, 0.15) is 13.8 Å². The van der Waals surface area contributed by atoms with Crippen molar-refractivity contribution in [2.45, 2.75) is 13.8 Å². The number of thiocarbonyl (C=S) groups is 1. The molecule has 0 aliphatic rings. The van der Waals surface area contributed by atoms with E-state index in [-0.39, 0.29) is 0 Å². The van der Waals surface area contributed by atoms with Crippen molar-refractivity contribution in [2.75, 3.05) is 20.2 Å². The molecule has 0 radical (unpaired) electrons. The van der Waals surface area contributed by atoms with Gasteiger partial charge in [0.25, 0.3) is 0 Å². The second kappa shape index (κ2) is 5.77. The Morgan fingerprint density at radius 2 is 2.00 bits per heavy atom. The van der Waals surface area contributed by atoms with E-state index in [0.717, 1.165) is 13.1 Å². The number of carbonyl (C=O) groups excluding carboxylic acids is 1. The molecule has 0 aromatic carbocycles. The van der Waals surface area contributed by atoms with Crippen LogP contribution in [0, 0.1) is 0 Å². The molecule has 0 aliphatic heterocycles. The Morgan fingerprint density at radius 3 is 2.33 bits per heavy atom. The molecule has 0 aromatic heterocycles. The number of nitrogens with zero attached hydrogens (tertiary/aromatic N) is 1. The van der Waals surface area contributed by atoms with Crippen molar-refractivity contribution in [2.24, 2.45) is 0 Å². The minimum atomic E-state index is -0.521. The van der Waals surface area contributed by atoms with Gasteiger partial charge in [0.1, 0.15) is 0 Å². The maximum atomic E-state index is 10.7. The van der Waals surface area contributed by atoms with Crippen molar-refractivity contribution in [3.8, 4) is 0 Å². The highest BCUT2D eigenvalue weighted by Crippen LogP contribution is 1.88. The lowest BCUT2D eigenvalue weighted by Gasteiger charge is -2.20. The van der Waals surface area contributed by atoms with E-state index < -0.39 is 6.09 Å². The molecule has 0 rings (SSSR count). The van der Waals surface area contributed by atoms with Crippen molar-refractivity contribution >= 4 is 23.4 Å². The van der Waals surface area contributed by atoms with Crippen molar-refractivity contribution in [1.82, 2.24) is 10.2 Å². The van der Waals surface area contributed by atoms with Crippen LogP contribution in [0.15, 0.2) is 0 Å². The predicted molar refractivity (Wildman–Crippen MR) is 51.1 cm³/mol. The zero-order valence-electron chi connectivity index (χ0n) is 7.59. The minimum Gasteiger partial charge on any atom is -0.453 e. The largest absolute Gasteiger partial charge is 0.453 e. The summed E-state index contributed by atoms with van der Waals surface area (Å²) < 4.78 is 4.40. The van der Waals surface area contributed by atoms with Gasteiger partial charge in [0.05, 0.1) is 7.11 Å². The second-order valence-corrected chi connectivity index (χ2v) is 2.48. The van der Waals surface area contributed by atoms with Gasteiger partial charge in [0, 0.05) is 13.1 Å². The van der Waals surface area contributed by atoms with Crippen LogP contribution in [0.2, 0.25) is 0 Å². The van der Waals surface area contributed by atoms with Gasteiger partial charge in [-0.25, -0.2) is 4.79 Å². The van der Waals surface area contributed by atoms with Crippen LogP contribution in [0.3, 0.4) is 0 Å². The van der Waals surface area contributed by atoms with Gasteiger partial charge in [-0.1, -0.05) is 0 Å². The SMILES string of the molecule is CCN(CC)C(=S)NC(=O)OC. The summed E-state index contributed by atoms with van der Waals surface area (Å²) in [5.74, 6) is 0. The van der Waals surface area contributed by atoms with Crippen LogP contribution < -0.4 is 5.32 Å². The van der Waals surface area contributed by atoms with Crippen LogP contribution in [0.5, 0.6) is 0 Å². The zero-order valence-corrected chi connectivity index (χ0v) is 8.40. The summed E-state index contributed by atoms with van der Waals surface area (Å²) in [5.41, 5.74) is 0. The fourth-order valence-electron chi connectivity index (χ4n) is 0.728. The van der Waals surface area contributed by atoms with E-state index in [1.165, 1.54) is 7.11 Å². The molecule has 0 atom stereocenters. The Labute approximate surface area is 77.9 Å². The highest BCUT2D eigenvalue weighted by atomic mass is 32.1. The van der Waals surface area contributed by atoms with Crippen molar-refractivity contribution in [3.63, 3.8) is 0 Å². The Kier molecular flexibility index (Phi) is 5.36. The monoisotopic (exact) mass is 190 g/mol.